The average molecular weight is 315 g/mol. The molecule has 0 bridgehead atoms. The number of aromatic nitrogens is 2. The van der Waals surface area contributed by atoms with Gasteiger partial charge in [-0.3, -0.25) is 0 Å². The lowest BCUT2D eigenvalue weighted by atomic mass is 10.2. The Morgan fingerprint density at radius 3 is 3.17 bits per heavy atom. The van der Waals surface area contributed by atoms with Crippen LogP contribution in [0, 0.1) is 5.82 Å². The topological polar surface area (TPSA) is 36.3 Å². The van der Waals surface area contributed by atoms with E-state index in [1.165, 1.54) is 6.07 Å². The summed E-state index contributed by atoms with van der Waals surface area (Å²) < 4.78 is 27.3. The Hall–Kier alpha value is -1.14. The van der Waals surface area contributed by atoms with Crippen molar-refractivity contribution in [3.05, 3.63) is 22.2 Å². The van der Waals surface area contributed by atoms with Gasteiger partial charge in [-0.2, -0.15) is 0 Å². The molecule has 1 aromatic heterocycles. The van der Waals surface area contributed by atoms with E-state index in [1.54, 1.807) is 7.11 Å². The minimum atomic E-state index is -0.352. The second-order valence-corrected chi connectivity index (χ2v) is 5.21. The number of halogens is 2. The summed E-state index contributed by atoms with van der Waals surface area (Å²) in [5, 5.41) is 0. The Labute approximate surface area is 112 Å². The van der Waals surface area contributed by atoms with E-state index in [0.29, 0.717) is 34.5 Å². The number of hydrogen-bond acceptors (Lipinski definition) is 3. The predicted molar refractivity (Wildman–Crippen MR) is 68.3 cm³/mol. The van der Waals surface area contributed by atoms with Crippen molar-refractivity contribution in [2.24, 2.45) is 0 Å². The molecule has 6 heteroatoms. The molecule has 0 N–H and O–H groups in total. The van der Waals surface area contributed by atoms with E-state index in [2.05, 4.69) is 20.9 Å². The Morgan fingerprint density at radius 1 is 1.67 bits per heavy atom. The fourth-order valence-corrected chi connectivity index (χ4v) is 2.85. The first-order valence-electron chi connectivity index (χ1n) is 5.64. The number of nitrogens with zero attached hydrogens (tertiary/aromatic N) is 2. The van der Waals surface area contributed by atoms with Crippen LogP contribution in [0.5, 0.6) is 5.75 Å². The van der Waals surface area contributed by atoms with Crippen molar-refractivity contribution < 1.29 is 13.9 Å². The van der Waals surface area contributed by atoms with Crippen LogP contribution in [0.4, 0.5) is 4.39 Å². The second kappa shape index (κ2) is 4.20. The van der Waals surface area contributed by atoms with Crippen molar-refractivity contribution in [3.63, 3.8) is 0 Å². The summed E-state index contributed by atoms with van der Waals surface area (Å²) in [7, 11) is 1.60. The molecule has 0 radical (unpaired) electrons. The number of imidazole rings is 1. The normalized spacial score (nSPS) is 18.1. The smallest absolute Gasteiger partial charge is 0.159 e. The summed E-state index contributed by atoms with van der Waals surface area (Å²) in [6.45, 7) is 2.91. The van der Waals surface area contributed by atoms with Crippen molar-refractivity contribution in [3.8, 4) is 5.75 Å². The van der Waals surface area contributed by atoms with Crippen molar-refractivity contribution in [2.45, 2.75) is 19.6 Å². The molecule has 0 fully saturated rings. The van der Waals surface area contributed by atoms with Crippen LogP contribution < -0.4 is 4.74 Å². The molecule has 0 spiro atoms. The van der Waals surface area contributed by atoms with Gasteiger partial charge in [0, 0.05) is 7.11 Å². The summed E-state index contributed by atoms with van der Waals surface area (Å²) in [6.07, 6.45) is 0. The maximum atomic E-state index is 13.9. The van der Waals surface area contributed by atoms with E-state index in [0.717, 1.165) is 5.82 Å². The first-order chi connectivity index (χ1) is 8.63. The highest BCUT2D eigenvalue weighted by Crippen LogP contribution is 2.40. The average Bonchev–Trinajstić information content (AvgIpc) is 2.70. The number of benzene rings is 1. The number of methoxy groups -OCH3 is 1. The molecule has 0 aliphatic carbocycles. The highest BCUT2D eigenvalue weighted by atomic mass is 79.9. The van der Waals surface area contributed by atoms with Crippen molar-refractivity contribution in [2.75, 3.05) is 13.7 Å². The van der Waals surface area contributed by atoms with Gasteiger partial charge in [-0.25, -0.2) is 9.37 Å². The van der Waals surface area contributed by atoms with Crippen LogP contribution >= 0.6 is 15.9 Å². The van der Waals surface area contributed by atoms with Crippen LogP contribution in [-0.4, -0.2) is 23.3 Å². The van der Waals surface area contributed by atoms with Crippen LogP contribution in [0.3, 0.4) is 0 Å². The first-order valence-corrected chi connectivity index (χ1v) is 6.43. The van der Waals surface area contributed by atoms with Gasteiger partial charge in [0.2, 0.25) is 0 Å². The molecule has 1 aromatic carbocycles. The fourth-order valence-electron chi connectivity index (χ4n) is 2.34. The molecule has 96 valence electrons. The van der Waals surface area contributed by atoms with Gasteiger partial charge in [0.25, 0.3) is 0 Å². The lowest BCUT2D eigenvalue weighted by Crippen LogP contribution is -2.21. The lowest BCUT2D eigenvalue weighted by Gasteiger charge is -2.25. The van der Waals surface area contributed by atoms with Gasteiger partial charge in [-0.05, 0) is 28.9 Å². The van der Waals surface area contributed by atoms with Gasteiger partial charge in [0.15, 0.2) is 11.6 Å². The molecule has 1 aliphatic rings. The Bertz CT molecular complexity index is 626. The zero-order valence-electron chi connectivity index (χ0n) is 10.0. The Balaban J connectivity index is 2.39. The van der Waals surface area contributed by atoms with Crippen molar-refractivity contribution in [1.29, 1.82) is 0 Å². The Kier molecular flexibility index (Phi) is 2.79. The SMILES string of the molecule is COCc1nc2c(F)cc(Br)c3c2n1[C@@H](C)CO3. The molecular formula is C12H12BrFN2O2. The van der Waals surface area contributed by atoms with Crippen LogP contribution in [0.2, 0.25) is 0 Å². The molecule has 1 atom stereocenters. The maximum absolute atomic E-state index is 13.9. The van der Waals surface area contributed by atoms with Crippen LogP contribution in [0.15, 0.2) is 10.5 Å². The minimum absolute atomic E-state index is 0.112. The van der Waals surface area contributed by atoms with E-state index >= 15 is 0 Å². The molecular weight excluding hydrogens is 303 g/mol. The highest BCUT2D eigenvalue weighted by molar-refractivity contribution is 9.10. The monoisotopic (exact) mass is 314 g/mol. The van der Waals surface area contributed by atoms with Crippen molar-refractivity contribution in [1.82, 2.24) is 9.55 Å². The van der Waals surface area contributed by atoms with E-state index < -0.39 is 0 Å². The molecule has 3 rings (SSSR count). The van der Waals surface area contributed by atoms with Crippen LogP contribution in [0.1, 0.15) is 18.8 Å². The van der Waals surface area contributed by atoms with E-state index in [9.17, 15) is 4.39 Å². The van der Waals surface area contributed by atoms with E-state index in [4.69, 9.17) is 9.47 Å². The Morgan fingerprint density at radius 2 is 2.44 bits per heavy atom. The first kappa shape index (κ1) is 11.9. The third-order valence-electron chi connectivity index (χ3n) is 3.08. The highest BCUT2D eigenvalue weighted by Gasteiger charge is 2.27. The summed E-state index contributed by atoms with van der Waals surface area (Å²) in [5.41, 5.74) is 1.04. The predicted octanol–water partition coefficient (Wildman–Crippen LogP) is 3.04. The van der Waals surface area contributed by atoms with Gasteiger partial charge in [0.1, 0.15) is 30.1 Å². The zero-order valence-corrected chi connectivity index (χ0v) is 11.6. The van der Waals surface area contributed by atoms with Crippen LogP contribution in [-0.2, 0) is 11.3 Å². The van der Waals surface area contributed by atoms with Crippen LogP contribution in [0.25, 0.3) is 11.0 Å². The molecule has 2 aromatic rings. The molecule has 18 heavy (non-hydrogen) atoms. The summed E-state index contributed by atoms with van der Waals surface area (Å²) >= 11 is 3.33. The quantitative estimate of drug-likeness (QED) is 0.855. The summed E-state index contributed by atoms with van der Waals surface area (Å²) in [4.78, 5) is 4.33. The third-order valence-corrected chi connectivity index (χ3v) is 3.67. The molecule has 4 nitrogen and oxygen atoms in total. The maximum Gasteiger partial charge on any atom is 0.159 e. The van der Waals surface area contributed by atoms with Crippen molar-refractivity contribution >= 4 is 27.0 Å². The van der Waals surface area contributed by atoms with Gasteiger partial charge < -0.3 is 14.0 Å². The molecule has 0 saturated carbocycles. The lowest BCUT2D eigenvalue weighted by molar-refractivity contribution is 0.167. The third kappa shape index (κ3) is 1.55. The zero-order chi connectivity index (χ0) is 12.9. The van der Waals surface area contributed by atoms with Gasteiger partial charge in [-0.1, -0.05) is 0 Å². The molecule has 1 aliphatic heterocycles. The van der Waals surface area contributed by atoms with E-state index in [-0.39, 0.29) is 11.9 Å². The number of rotatable bonds is 2. The molecule has 0 saturated heterocycles. The van der Waals surface area contributed by atoms with Gasteiger partial charge >= 0.3 is 0 Å². The largest absolute Gasteiger partial charge is 0.488 e. The summed E-state index contributed by atoms with van der Waals surface area (Å²) in [6, 6.07) is 1.50. The fraction of sp³-hybridized carbons (Fsp3) is 0.417. The number of ether oxygens (including phenoxy) is 2. The summed E-state index contributed by atoms with van der Waals surface area (Å²) in [5.74, 6) is 1.02. The standard InChI is InChI=1S/C12H12BrFN2O2/c1-6-4-18-12-7(13)3-8(14)10-11(12)16(6)9(15-10)5-17-2/h3,6H,4-5H2,1-2H3/t6-/m0/s1. The van der Waals surface area contributed by atoms with Gasteiger partial charge in [0.05, 0.1) is 10.5 Å². The molecule has 0 amide bonds. The number of hydrogen-bond donors (Lipinski definition) is 0. The van der Waals surface area contributed by atoms with E-state index in [1.807, 2.05) is 11.5 Å². The molecule has 0 unspecified atom stereocenters. The molecule has 2 heterocycles. The van der Waals surface area contributed by atoms with Gasteiger partial charge in [-0.15, -0.1) is 0 Å². The second-order valence-electron chi connectivity index (χ2n) is 4.36. The minimum Gasteiger partial charge on any atom is -0.488 e.